The van der Waals surface area contributed by atoms with Gasteiger partial charge in [0.2, 0.25) is 21.7 Å². The van der Waals surface area contributed by atoms with Gasteiger partial charge in [-0.15, -0.1) is 12.8 Å². The van der Waals surface area contributed by atoms with Crippen LogP contribution in [0, 0.1) is 31.6 Å². The van der Waals surface area contributed by atoms with E-state index in [1.807, 2.05) is 154 Å². The van der Waals surface area contributed by atoms with Crippen molar-refractivity contribution in [3.8, 4) is 47.7 Å². The number of hydrogen-bond acceptors (Lipinski definition) is 20. The molecule has 8 aromatic heterocycles. The Bertz CT molecular complexity index is 5560. The average Bonchev–Trinajstić information content (AvgIpc) is 1.63. The lowest BCUT2D eigenvalue weighted by atomic mass is 9.96. The number of fused-ring (bicyclic) bond motifs is 4. The van der Waals surface area contributed by atoms with Crippen molar-refractivity contribution in [3.05, 3.63) is 305 Å². The highest BCUT2D eigenvalue weighted by Crippen LogP contribution is 2.40. The highest BCUT2D eigenvalue weighted by atomic mass is 16.3. The van der Waals surface area contributed by atoms with Gasteiger partial charge in [-0.25, -0.2) is 33.7 Å². The maximum absolute atomic E-state index is 12.6. The number of nitrogens with zero attached hydrogens (tertiary/aromatic N) is 20. The van der Waals surface area contributed by atoms with E-state index in [4.69, 9.17) is 12.8 Å². The van der Waals surface area contributed by atoms with Crippen LogP contribution in [0.25, 0.3) is 0 Å². The van der Waals surface area contributed by atoms with Gasteiger partial charge in [0.25, 0.3) is 23.6 Å². The van der Waals surface area contributed by atoms with Crippen LogP contribution in [0.15, 0.2) is 221 Å². The minimum Gasteiger partial charge on any atom is -0.502 e. The second kappa shape index (κ2) is 30.6. The number of amides is 4. The maximum atomic E-state index is 12.6. The quantitative estimate of drug-likeness (QED) is 0.122. The number of carbonyl (C=O) groups excluding carboxylic acids is 4. The summed E-state index contributed by atoms with van der Waals surface area (Å²) in [6, 6.07) is 38.0. The van der Waals surface area contributed by atoms with Gasteiger partial charge >= 0.3 is 0 Å². The molecule has 4 aromatic carbocycles. The molecular weight excluding hydrogens is 1400 g/mol. The van der Waals surface area contributed by atoms with Gasteiger partial charge in [0.05, 0.1) is 91.8 Å². The number of benzene rings is 4. The van der Waals surface area contributed by atoms with Gasteiger partial charge in [-0.1, -0.05) is 121 Å². The number of imidazole rings is 3. The van der Waals surface area contributed by atoms with Crippen LogP contribution in [0.3, 0.4) is 0 Å². The van der Waals surface area contributed by atoms with E-state index in [-0.39, 0.29) is 59.0 Å². The van der Waals surface area contributed by atoms with E-state index in [0.717, 1.165) is 52.7 Å². The molecule has 4 aliphatic heterocycles. The third-order valence-corrected chi connectivity index (χ3v) is 19.3. The third-order valence-electron chi connectivity index (χ3n) is 19.3. The van der Waals surface area contributed by atoms with E-state index in [1.54, 1.807) is 76.5 Å². The molecule has 4 N–H and O–H groups in total. The van der Waals surface area contributed by atoms with Gasteiger partial charge in [0, 0.05) is 85.4 Å². The summed E-state index contributed by atoms with van der Waals surface area (Å²) >= 11 is 0. The summed E-state index contributed by atoms with van der Waals surface area (Å²) in [6.45, 7) is 3.29. The summed E-state index contributed by atoms with van der Waals surface area (Å²) in [5.41, 5.74) is 2.57. The van der Waals surface area contributed by atoms with E-state index in [1.165, 1.54) is 38.3 Å². The van der Waals surface area contributed by atoms with Crippen LogP contribution in [0.4, 0.5) is 0 Å². The third kappa shape index (κ3) is 14.1. The molecule has 32 heteroatoms. The molecule has 16 rings (SSSR count). The lowest BCUT2D eigenvalue weighted by Crippen LogP contribution is -2.46. The molecule has 8 unspecified atom stereocenters. The van der Waals surface area contributed by atoms with E-state index < -0.39 is 80.4 Å². The first-order valence-corrected chi connectivity index (χ1v) is 34.0. The lowest BCUT2D eigenvalue weighted by Gasteiger charge is -2.37. The van der Waals surface area contributed by atoms with E-state index in [2.05, 4.69) is 52.3 Å². The van der Waals surface area contributed by atoms with Gasteiger partial charge in [-0.3, -0.25) is 43.0 Å². The van der Waals surface area contributed by atoms with Crippen molar-refractivity contribution in [2.45, 2.75) is 55.3 Å². The number of aromatic hydroxyl groups is 4. The first kappa shape index (κ1) is 72.8. The Morgan fingerprint density at radius 2 is 0.716 bits per heavy atom. The molecule has 12 aromatic rings. The number of aromatic nitrogens is 16. The van der Waals surface area contributed by atoms with Crippen molar-refractivity contribution in [3.63, 3.8) is 0 Å². The Morgan fingerprint density at radius 3 is 1.02 bits per heavy atom. The molecule has 0 saturated heterocycles. The Balaban J connectivity index is 0.000000128. The first-order valence-electron chi connectivity index (χ1n) is 34.0. The standard InChI is InChI=1S/2C20H17N5O3.C19H19N5O3.C18H17N5O3/c1-3-14-10-24(12-21-14)17(13-7-5-4-6-8-13)15-11-23(2)20(28)18-19(27)16(26)9-22-25(15)18;1-3-14-9-10-24(22-14)17(13-7-5-4-6-8-13)15-12-23(2)20(28)18-19(27)16(26)11-21-25(15)18;1-12-9-23(11-20-12)16(13-6-4-3-5-7-13)14-10-22(2)19(27)17-18(26)15(25)8-21-24(14)17;1-21-10-13(23-16(18(21)26)17(25)14(24)9-20-23)15(22-8-7-19-11-22)12-5-3-2-4-6-12/h1,4-10,12,15,17,27H,11H2,2H3;1,4-11,15,17,27H,12H2,2H3;3-9,11,14,16,26H,10H2,1-2H3;2-9,11,13,15,25H,10H2,1H3. The fourth-order valence-electron chi connectivity index (χ4n) is 14.1. The van der Waals surface area contributed by atoms with Gasteiger partial charge in [-0.2, -0.15) is 25.5 Å². The van der Waals surface area contributed by atoms with Crippen LogP contribution in [-0.2, 0) is 0 Å². The zero-order chi connectivity index (χ0) is 77.1. The largest absolute Gasteiger partial charge is 0.502 e. The number of hydrogen-bond donors (Lipinski definition) is 4. The van der Waals surface area contributed by atoms with Crippen LogP contribution in [0.2, 0.25) is 0 Å². The van der Waals surface area contributed by atoms with Crippen LogP contribution in [0.1, 0.15) is 130 Å². The summed E-state index contributed by atoms with van der Waals surface area (Å²) in [5.74, 6) is 0.896. The fraction of sp³-hybridized carbons (Fsp3) is 0.221. The van der Waals surface area contributed by atoms with Crippen molar-refractivity contribution < 1.29 is 39.6 Å². The highest BCUT2D eigenvalue weighted by molar-refractivity contribution is 5.97. The zero-order valence-corrected chi connectivity index (χ0v) is 59.2. The van der Waals surface area contributed by atoms with Crippen LogP contribution in [-0.4, -0.2) is 196 Å². The summed E-state index contributed by atoms with van der Waals surface area (Å²) in [7, 11) is 6.54. The second-order valence-corrected chi connectivity index (χ2v) is 26.2. The van der Waals surface area contributed by atoms with Crippen molar-refractivity contribution in [1.82, 2.24) is 97.2 Å². The number of terminal acetylenes is 2. The first-order chi connectivity index (χ1) is 52.6. The van der Waals surface area contributed by atoms with Crippen LogP contribution < -0.4 is 21.7 Å². The van der Waals surface area contributed by atoms with Crippen molar-refractivity contribution in [2.24, 2.45) is 0 Å². The number of carbonyl (C=O) groups is 4. The van der Waals surface area contributed by atoms with Crippen LogP contribution in [0.5, 0.6) is 23.0 Å². The predicted molar refractivity (Wildman–Crippen MR) is 392 cm³/mol. The Hall–Kier alpha value is -14.6. The SMILES string of the molecule is C#Cc1ccn(C(c2ccccc2)C2CN(C)C(=O)c3c(O)c(=O)cnn32)n1.C#Cc1cn(C(c2ccccc2)C2CN(C)C(=O)c3c(O)c(=O)cnn32)cn1.CN1CC(C(c2ccccc2)n2ccnc2)n2ncc(=O)c(O)c2C1=O.Cc1cn(C(c2ccccc2)C2CN(C)C(=O)c3c(O)c(=O)cnn32)cn1. The average molecular weight is 1470 g/mol. The molecule has 12 heterocycles. The molecule has 0 fully saturated rings. The van der Waals surface area contributed by atoms with E-state index in [9.17, 15) is 58.8 Å². The number of likely N-dealkylation sites (N-methyl/N-ethyl adjacent to an activating group) is 4. The molecule has 8 atom stereocenters. The maximum Gasteiger partial charge on any atom is 0.275 e. The topological polar surface area (TPSA) is 373 Å². The molecule has 550 valence electrons. The summed E-state index contributed by atoms with van der Waals surface area (Å²) in [5, 5.41) is 62.1. The smallest absolute Gasteiger partial charge is 0.275 e. The molecule has 4 amide bonds. The monoisotopic (exact) mass is 1470 g/mol. The molecule has 0 spiro atoms. The Kier molecular flexibility index (Phi) is 20.5. The van der Waals surface area contributed by atoms with Gasteiger partial charge in [0.1, 0.15) is 17.4 Å². The molecule has 4 aliphatic rings. The molecule has 0 saturated carbocycles. The molecule has 109 heavy (non-hydrogen) atoms. The molecule has 32 nitrogen and oxygen atoms in total. The lowest BCUT2D eigenvalue weighted by molar-refractivity contribution is 0.0661. The number of aryl methyl sites for hydroxylation is 1. The van der Waals surface area contributed by atoms with Gasteiger partial charge in [-0.05, 0) is 47.1 Å². The summed E-state index contributed by atoms with van der Waals surface area (Å²) < 4.78 is 13.2. The fourth-order valence-corrected chi connectivity index (χ4v) is 14.1. The molecular formula is C77H70N20O12. The molecule has 0 bridgehead atoms. The predicted octanol–water partition coefficient (Wildman–Crippen LogP) is 4.52. The van der Waals surface area contributed by atoms with Gasteiger partial charge < -0.3 is 53.7 Å². The summed E-state index contributed by atoms with van der Waals surface area (Å²) in [4.78, 5) is 116. The van der Waals surface area contributed by atoms with Crippen molar-refractivity contribution in [1.29, 1.82) is 0 Å². The Labute approximate surface area is 620 Å². The molecule has 0 radical (unpaired) electrons. The molecule has 0 aliphatic carbocycles. The van der Waals surface area contributed by atoms with E-state index in [0.29, 0.717) is 37.6 Å². The number of rotatable bonds is 12. The second-order valence-electron chi connectivity index (χ2n) is 26.2. The van der Waals surface area contributed by atoms with Crippen molar-refractivity contribution in [2.75, 3.05) is 54.4 Å². The van der Waals surface area contributed by atoms with Gasteiger partial charge in [0.15, 0.2) is 45.8 Å². The van der Waals surface area contributed by atoms with Crippen molar-refractivity contribution >= 4 is 23.6 Å². The highest BCUT2D eigenvalue weighted by Gasteiger charge is 2.43. The zero-order valence-electron chi connectivity index (χ0n) is 59.2. The van der Waals surface area contributed by atoms with Crippen LogP contribution >= 0.6 is 0 Å². The summed E-state index contributed by atoms with van der Waals surface area (Å²) in [6.07, 6.45) is 29.1. The Morgan fingerprint density at radius 1 is 0.394 bits per heavy atom. The minimum atomic E-state index is -0.696. The normalized spacial score (nSPS) is 17.4. The van der Waals surface area contributed by atoms with E-state index >= 15 is 0 Å². The minimum absolute atomic E-state index is 0.0842.